The first-order chi connectivity index (χ1) is 8.33. The number of ether oxygens (including phenoxy) is 1. The van der Waals surface area contributed by atoms with E-state index < -0.39 is 17.2 Å². The van der Waals surface area contributed by atoms with E-state index in [-0.39, 0.29) is 25.2 Å². The number of fused-ring (bicyclic) bond motifs is 2. The summed E-state index contributed by atoms with van der Waals surface area (Å²) in [6.07, 6.45) is 2.11. The van der Waals surface area contributed by atoms with Crippen molar-refractivity contribution < 1.29 is 19.7 Å². The number of amides is 1. The lowest BCUT2D eigenvalue weighted by atomic mass is 9.96. The normalized spacial score (nSPS) is 35.1. The first-order valence-electron chi connectivity index (χ1n) is 6.57. The van der Waals surface area contributed by atoms with Crippen LogP contribution in [0.15, 0.2) is 0 Å². The summed E-state index contributed by atoms with van der Waals surface area (Å²) in [6.45, 7) is 5.33. The average Bonchev–Trinajstić information content (AvgIpc) is 2.81. The summed E-state index contributed by atoms with van der Waals surface area (Å²) in [4.78, 5) is 13.9. The standard InChI is InChI=1S/C13H23NO4/c1-12(2,3)18-11(17)14-10(7-15)9-4-5-13(14,6-9)8-16/h9-10,15-16H,4-8H2,1-3H3/t9-,10+,13+/m0/s1. The second-order valence-corrected chi connectivity index (χ2v) is 6.49. The summed E-state index contributed by atoms with van der Waals surface area (Å²) < 4.78 is 5.40. The van der Waals surface area contributed by atoms with Crippen LogP contribution in [0, 0.1) is 5.92 Å². The highest BCUT2D eigenvalue weighted by molar-refractivity contribution is 5.70. The molecule has 3 atom stereocenters. The van der Waals surface area contributed by atoms with Crippen LogP contribution < -0.4 is 0 Å². The number of likely N-dealkylation sites (tertiary alicyclic amines) is 1. The lowest BCUT2D eigenvalue weighted by Gasteiger charge is -2.42. The Morgan fingerprint density at radius 3 is 2.61 bits per heavy atom. The van der Waals surface area contributed by atoms with Crippen LogP contribution in [-0.2, 0) is 4.74 Å². The van der Waals surface area contributed by atoms with E-state index in [4.69, 9.17) is 4.74 Å². The Kier molecular flexibility index (Phi) is 3.32. The number of hydrogen-bond acceptors (Lipinski definition) is 4. The fraction of sp³-hybridized carbons (Fsp3) is 0.923. The molecular weight excluding hydrogens is 234 g/mol. The number of carbonyl (C=O) groups excluding carboxylic acids is 1. The van der Waals surface area contributed by atoms with Gasteiger partial charge in [0, 0.05) is 0 Å². The lowest BCUT2D eigenvalue weighted by Crippen LogP contribution is -2.57. The molecule has 0 spiro atoms. The molecule has 0 aromatic rings. The van der Waals surface area contributed by atoms with Crippen molar-refractivity contribution in [2.75, 3.05) is 13.2 Å². The van der Waals surface area contributed by atoms with Gasteiger partial charge in [-0.15, -0.1) is 0 Å². The zero-order chi connectivity index (χ0) is 13.6. The molecule has 104 valence electrons. The van der Waals surface area contributed by atoms with Crippen LogP contribution in [0.5, 0.6) is 0 Å². The molecule has 0 unspecified atom stereocenters. The molecule has 1 saturated carbocycles. The molecule has 1 saturated heterocycles. The van der Waals surface area contributed by atoms with E-state index in [9.17, 15) is 15.0 Å². The van der Waals surface area contributed by atoms with Crippen molar-refractivity contribution in [3.05, 3.63) is 0 Å². The van der Waals surface area contributed by atoms with Crippen LogP contribution in [0.1, 0.15) is 40.0 Å². The summed E-state index contributed by atoms with van der Waals surface area (Å²) in [7, 11) is 0. The average molecular weight is 257 g/mol. The van der Waals surface area contributed by atoms with Gasteiger partial charge in [0.15, 0.2) is 0 Å². The summed E-state index contributed by atoms with van der Waals surface area (Å²) in [6, 6.07) is -0.208. The number of hydrogen-bond donors (Lipinski definition) is 2. The molecule has 2 fully saturated rings. The maximum atomic E-state index is 12.3. The van der Waals surface area contributed by atoms with Crippen LogP contribution in [0.3, 0.4) is 0 Å². The molecular formula is C13H23NO4. The van der Waals surface area contributed by atoms with Crippen molar-refractivity contribution in [2.24, 2.45) is 5.92 Å². The minimum absolute atomic E-state index is 0.0563. The third kappa shape index (κ3) is 2.10. The van der Waals surface area contributed by atoms with Gasteiger partial charge >= 0.3 is 6.09 Å². The Bertz CT molecular complexity index is 338. The zero-order valence-corrected chi connectivity index (χ0v) is 11.3. The van der Waals surface area contributed by atoms with Gasteiger partial charge in [0.25, 0.3) is 0 Å². The summed E-state index contributed by atoms with van der Waals surface area (Å²) in [5.74, 6) is 0.287. The van der Waals surface area contributed by atoms with Gasteiger partial charge in [0.2, 0.25) is 0 Å². The smallest absolute Gasteiger partial charge is 0.411 e. The Morgan fingerprint density at radius 1 is 1.44 bits per heavy atom. The predicted molar refractivity (Wildman–Crippen MR) is 66.1 cm³/mol. The lowest BCUT2D eigenvalue weighted by molar-refractivity contribution is -0.0334. The second kappa shape index (κ2) is 4.38. The van der Waals surface area contributed by atoms with E-state index in [1.165, 1.54) is 0 Å². The number of piperidine rings is 1. The van der Waals surface area contributed by atoms with Gasteiger partial charge < -0.3 is 14.9 Å². The fourth-order valence-corrected chi connectivity index (χ4v) is 3.35. The van der Waals surface area contributed by atoms with Gasteiger partial charge in [-0.2, -0.15) is 0 Å². The Labute approximate surface area is 108 Å². The SMILES string of the molecule is CC(C)(C)OC(=O)N1[C@H](CO)[C@H]2CC[C@]1(CO)C2. The first-order valence-corrected chi connectivity index (χ1v) is 6.57. The molecule has 1 aliphatic carbocycles. The molecule has 1 aliphatic heterocycles. The summed E-state index contributed by atoms with van der Waals surface area (Å²) in [5.41, 5.74) is -1.07. The van der Waals surface area contributed by atoms with Crippen LogP contribution in [0.2, 0.25) is 0 Å². The number of nitrogens with zero attached hydrogens (tertiary/aromatic N) is 1. The molecule has 1 amide bonds. The summed E-state index contributed by atoms with van der Waals surface area (Å²) in [5, 5.41) is 19.1. The molecule has 2 N–H and O–H groups in total. The predicted octanol–water partition coefficient (Wildman–Crippen LogP) is 1.13. The topological polar surface area (TPSA) is 70.0 Å². The maximum absolute atomic E-state index is 12.3. The van der Waals surface area contributed by atoms with Crippen molar-refractivity contribution >= 4 is 6.09 Å². The minimum atomic E-state index is -0.560. The van der Waals surface area contributed by atoms with E-state index in [0.29, 0.717) is 0 Å². The molecule has 0 radical (unpaired) electrons. The number of rotatable bonds is 2. The van der Waals surface area contributed by atoms with Crippen LogP contribution in [0.25, 0.3) is 0 Å². The largest absolute Gasteiger partial charge is 0.444 e. The quantitative estimate of drug-likeness (QED) is 0.778. The van der Waals surface area contributed by atoms with Gasteiger partial charge in [-0.25, -0.2) is 4.79 Å². The Morgan fingerprint density at radius 2 is 2.11 bits per heavy atom. The molecule has 2 rings (SSSR count). The molecule has 18 heavy (non-hydrogen) atoms. The monoisotopic (exact) mass is 257 g/mol. The zero-order valence-electron chi connectivity index (χ0n) is 11.3. The highest BCUT2D eigenvalue weighted by Gasteiger charge is 2.58. The van der Waals surface area contributed by atoms with Crippen molar-refractivity contribution in [1.82, 2.24) is 4.90 Å². The molecule has 0 aromatic heterocycles. The molecule has 1 heterocycles. The van der Waals surface area contributed by atoms with Crippen LogP contribution in [0.4, 0.5) is 4.79 Å². The first kappa shape index (κ1) is 13.6. The Balaban J connectivity index is 2.21. The van der Waals surface area contributed by atoms with E-state index in [1.807, 2.05) is 20.8 Å². The van der Waals surface area contributed by atoms with Crippen molar-refractivity contribution in [3.63, 3.8) is 0 Å². The molecule has 5 nitrogen and oxygen atoms in total. The number of carbonyl (C=O) groups is 1. The van der Waals surface area contributed by atoms with E-state index in [1.54, 1.807) is 4.90 Å². The van der Waals surface area contributed by atoms with Crippen molar-refractivity contribution in [3.8, 4) is 0 Å². The van der Waals surface area contributed by atoms with E-state index in [0.717, 1.165) is 19.3 Å². The maximum Gasteiger partial charge on any atom is 0.411 e. The third-order valence-corrected chi connectivity index (χ3v) is 4.08. The van der Waals surface area contributed by atoms with Crippen molar-refractivity contribution in [2.45, 2.75) is 57.2 Å². The van der Waals surface area contributed by atoms with Gasteiger partial charge in [0.1, 0.15) is 5.60 Å². The van der Waals surface area contributed by atoms with Crippen LogP contribution >= 0.6 is 0 Å². The Hall–Kier alpha value is -0.810. The fourth-order valence-electron chi connectivity index (χ4n) is 3.35. The third-order valence-electron chi connectivity index (χ3n) is 4.08. The highest BCUT2D eigenvalue weighted by Crippen LogP contribution is 2.50. The molecule has 0 aromatic carbocycles. The molecule has 2 aliphatic rings. The van der Waals surface area contributed by atoms with Gasteiger partial charge in [-0.05, 0) is 46.0 Å². The van der Waals surface area contributed by atoms with E-state index in [2.05, 4.69) is 0 Å². The van der Waals surface area contributed by atoms with Crippen molar-refractivity contribution in [1.29, 1.82) is 0 Å². The summed E-state index contributed by atoms with van der Waals surface area (Å²) >= 11 is 0. The second-order valence-electron chi connectivity index (χ2n) is 6.49. The number of aliphatic hydroxyl groups is 2. The van der Waals surface area contributed by atoms with Gasteiger partial charge in [0.05, 0.1) is 24.8 Å². The highest BCUT2D eigenvalue weighted by atomic mass is 16.6. The number of aliphatic hydroxyl groups excluding tert-OH is 2. The van der Waals surface area contributed by atoms with Gasteiger partial charge in [-0.3, -0.25) is 4.90 Å². The van der Waals surface area contributed by atoms with E-state index >= 15 is 0 Å². The van der Waals surface area contributed by atoms with Crippen LogP contribution in [-0.4, -0.2) is 51.6 Å². The molecule has 2 bridgehead atoms. The van der Waals surface area contributed by atoms with Gasteiger partial charge in [-0.1, -0.05) is 0 Å². The molecule has 5 heteroatoms. The minimum Gasteiger partial charge on any atom is -0.444 e.